The molecule has 2 atom stereocenters. The Labute approximate surface area is 200 Å². The van der Waals surface area contributed by atoms with Crippen LogP contribution in [0, 0.1) is 6.92 Å². The van der Waals surface area contributed by atoms with Gasteiger partial charge in [0.05, 0.1) is 11.7 Å². The molecule has 4 heterocycles. The number of carbonyl (C=O) groups is 1. The van der Waals surface area contributed by atoms with Crippen molar-refractivity contribution in [2.45, 2.75) is 70.4 Å². The number of likely N-dealkylation sites (tertiary alicyclic amines) is 1. The van der Waals surface area contributed by atoms with Crippen molar-refractivity contribution < 1.29 is 4.79 Å². The number of carbonyl (C=O) groups excluding carboxylic acids is 1. The number of anilines is 1. The molecule has 2 aromatic heterocycles. The van der Waals surface area contributed by atoms with Gasteiger partial charge in [-0.05, 0) is 75.5 Å². The monoisotopic (exact) mass is 458 g/mol. The Morgan fingerprint density at radius 1 is 1.09 bits per heavy atom. The zero-order chi connectivity index (χ0) is 23.2. The SMILES string of the molecule is Cc1cn2nc([C@@H]3CCCCN3C(=O)c3cccc4c3CCCC4)cc2nc1N1CC[C@H](N)C1. The summed E-state index contributed by atoms with van der Waals surface area (Å²) >= 11 is 0. The van der Waals surface area contributed by atoms with Crippen LogP contribution < -0.4 is 10.6 Å². The minimum atomic E-state index is -0.00800. The lowest BCUT2D eigenvalue weighted by Crippen LogP contribution is -2.39. The van der Waals surface area contributed by atoms with Gasteiger partial charge in [-0.2, -0.15) is 5.10 Å². The molecular formula is C27H34N6O. The second kappa shape index (κ2) is 8.69. The highest BCUT2D eigenvalue weighted by atomic mass is 16.2. The number of piperidine rings is 1. The van der Waals surface area contributed by atoms with E-state index in [4.69, 9.17) is 15.8 Å². The summed E-state index contributed by atoms with van der Waals surface area (Å²) in [6.07, 6.45) is 10.6. The number of amides is 1. The fraction of sp³-hybridized carbons (Fsp3) is 0.519. The Kier molecular flexibility index (Phi) is 5.52. The van der Waals surface area contributed by atoms with E-state index in [9.17, 15) is 4.79 Å². The Bertz CT molecular complexity index is 1230. The Morgan fingerprint density at radius 2 is 1.97 bits per heavy atom. The highest BCUT2D eigenvalue weighted by Gasteiger charge is 2.32. The normalized spacial score (nSPS) is 22.9. The molecule has 3 aromatic rings. The summed E-state index contributed by atoms with van der Waals surface area (Å²) in [7, 11) is 0. The third-order valence-corrected chi connectivity index (χ3v) is 7.88. The molecule has 2 fully saturated rings. The molecule has 2 aliphatic heterocycles. The number of hydrogen-bond acceptors (Lipinski definition) is 5. The molecule has 0 radical (unpaired) electrons. The zero-order valence-electron chi connectivity index (χ0n) is 20.0. The first kappa shape index (κ1) is 21.6. The minimum absolute atomic E-state index is 0.00800. The summed E-state index contributed by atoms with van der Waals surface area (Å²) in [5, 5.41) is 4.91. The smallest absolute Gasteiger partial charge is 0.254 e. The van der Waals surface area contributed by atoms with E-state index >= 15 is 0 Å². The molecular weight excluding hydrogens is 424 g/mol. The fourth-order valence-electron chi connectivity index (χ4n) is 6.10. The molecule has 0 unspecified atom stereocenters. The lowest BCUT2D eigenvalue weighted by atomic mass is 9.87. The maximum Gasteiger partial charge on any atom is 0.254 e. The Balaban J connectivity index is 1.33. The summed E-state index contributed by atoms with van der Waals surface area (Å²) in [6, 6.07) is 8.56. The molecule has 1 aliphatic carbocycles. The molecule has 7 heteroatoms. The number of benzene rings is 1. The quantitative estimate of drug-likeness (QED) is 0.645. The molecule has 0 saturated carbocycles. The van der Waals surface area contributed by atoms with Crippen LogP contribution in [0.25, 0.3) is 5.65 Å². The topological polar surface area (TPSA) is 79.8 Å². The van der Waals surface area contributed by atoms with E-state index in [0.717, 1.165) is 86.4 Å². The predicted molar refractivity (Wildman–Crippen MR) is 133 cm³/mol. The van der Waals surface area contributed by atoms with Gasteiger partial charge >= 0.3 is 0 Å². The van der Waals surface area contributed by atoms with Gasteiger partial charge in [-0.25, -0.2) is 9.50 Å². The van der Waals surface area contributed by atoms with Crippen LogP contribution in [0.5, 0.6) is 0 Å². The molecule has 0 spiro atoms. The number of nitrogens with two attached hydrogens (primary N) is 1. The van der Waals surface area contributed by atoms with E-state index in [1.165, 1.54) is 24.0 Å². The van der Waals surface area contributed by atoms with Crippen LogP contribution in [0.4, 0.5) is 5.82 Å². The van der Waals surface area contributed by atoms with Crippen LogP contribution in [-0.4, -0.2) is 51.1 Å². The van der Waals surface area contributed by atoms with Gasteiger partial charge in [-0.3, -0.25) is 4.79 Å². The van der Waals surface area contributed by atoms with Crippen LogP contribution in [-0.2, 0) is 12.8 Å². The first-order valence-corrected chi connectivity index (χ1v) is 12.9. The zero-order valence-corrected chi connectivity index (χ0v) is 20.0. The molecule has 3 aliphatic rings. The summed E-state index contributed by atoms with van der Waals surface area (Å²) in [5.41, 5.74) is 12.5. The third-order valence-electron chi connectivity index (χ3n) is 7.88. The number of nitrogens with zero attached hydrogens (tertiary/aromatic N) is 5. The first-order valence-electron chi connectivity index (χ1n) is 12.9. The van der Waals surface area contributed by atoms with Gasteiger partial charge in [0.25, 0.3) is 5.91 Å². The number of rotatable bonds is 3. The maximum atomic E-state index is 13.8. The van der Waals surface area contributed by atoms with E-state index < -0.39 is 0 Å². The van der Waals surface area contributed by atoms with Crippen LogP contribution in [0.2, 0.25) is 0 Å². The summed E-state index contributed by atoms with van der Waals surface area (Å²) < 4.78 is 1.88. The van der Waals surface area contributed by atoms with Crippen molar-refractivity contribution in [2.24, 2.45) is 5.73 Å². The molecule has 7 nitrogen and oxygen atoms in total. The number of fused-ring (bicyclic) bond motifs is 2. The molecule has 2 N–H and O–H groups in total. The van der Waals surface area contributed by atoms with E-state index in [2.05, 4.69) is 41.1 Å². The molecule has 6 rings (SSSR count). The van der Waals surface area contributed by atoms with Gasteiger partial charge in [0.1, 0.15) is 5.82 Å². The van der Waals surface area contributed by atoms with Crippen LogP contribution in [0.1, 0.15) is 77.3 Å². The van der Waals surface area contributed by atoms with Crippen molar-refractivity contribution in [2.75, 3.05) is 24.5 Å². The van der Waals surface area contributed by atoms with Crippen LogP contribution >= 0.6 is 0 Å². The fourth-order valence-corrected chi connectivity index (χ4v) is 6.10. The molecule has 1 amide bonds. The minimum Gasteiger partial charge on any atom is -0.355 e. The van der Waals surface area contributed by atoms with Crippen molar-refractivity contribution in [3.63, 3.8) is 0 Å². The molecule has 2 saturated heterocycles. The van der Waals surface area contributed by atoms with E-state index in [1.807, 2.05) is 10.6 Å². The van der Waals surface area contributed by atoms with Crippen molar-refractivity contribution in [1.82, 2.24) is 19.5 Å². The summed E-state index contributed by atoms with van der Waals surface area (Å²) in [6.45, 7) is 4.65. The second-order valence-corrected chi connectivity index (χ2v) is 10.3. The van der Waals surface area contributed by atoms with Crippen molar-refractivity contribution in [3.8, 4) is 0 Å². The highest BCUT2D eigenvalue weighted by molar-refractivity contribution is 5.96. The maximum absolute atomic E-state index is 13.8. The molecule has 178 valence electrons. The average Bonchev–Trinajstić information content (AvgIpc) is 3.48. The van der Waals surface area contributed by atoms with Gasteiger partial charge in [0.2, 0.25) is 0 Å². The average molecular weight is 459 g/mol. The Morgan fingerprint density at radius 3 is 2.82 bits per heavy atom. The first-order chi connectivity index (χ1) is 16.6. The Hall–Kier alpha value is -2.93. The van der Waals surface area contributed by atoms with Gasteiger partial charge < -0.3 is 15.5 Å². The van der Waals surface area contributed by atoms with Crippen LogP contribution in [0.15, 0.2) is 30.5 Å². The largest absolute Gasteiger partial charge is 0.355 e. The van der Waals surface area contributed by atoms with Crippen LogP contribution in [0.3, 0.4) is 0 Å². The van der Waals surface area contributed by atoms with E-state index in [-0.39, 0.29) is 18.0 Å². The third kappa shape index (κ3) is 3.76. The van der Waals surface area contributed by atoms with E-state index in [1.54, 1.807) is 0 Å². The number of aromatic nitrogens is 3. The lowest BCUT2D eigenvalue weighted by molar-refractivity contribution is 0.0604. The standard InChI is InChI=1S/C27H34N6O/c1-18-16-33-25(29-26(18)31-14-12-20(28)17-31)15-23(30-33)24-11-4-5-13-32(24)27(34)22-10-6-8-19-7-2-3-9-21(19)22/h6,8,10,15-16,20,24H,2-5,7,9,11-14,17,28H2,1H3/t20-,24-/m0/s1. The van der Waals surface area contributed by atoms with E-state index in [0.29, 0.717) is 0 Å². The second-order valence-electron chi connectivity index (χ2n) is 10.3. The van der Waals surface area contributed by atoms with Crippen molar-refractivity contribution in [1.29, 1.82) is 0 Å². The number of aryl methyl sites for hydroxylation is 2. The molecule has 34 heavy (non-hydrogen) atoms. The highest BCUT2D eigenvalue weighted by Crippen LogP contribution is 2.34. The lowest BCUT2D eigenvalue weighted by Gasteiger charge is -2.35. The predicted octanol–water partition coefficient (Wildman–Crippen LogP) is 3.82. The summed E-state index contributed by atoms with van der Waals surface area (Å²) in [4.78, 5) is 23.2. The van der Waals surface area contributed by atoms with Crippen molar-refractivity contribution in [3.05, 3.63) is 58.4 Å². The van der Waals surface area contributed by atoms with Crippen molar-refractivity contribution >= 4 is 17.4 Å². The van der Waals surface area contributed by atoms with Gasteiger partial charge in [0.15, 0.2) is 5.65 Å². The number of hydrogen-bond donors (Lipinski definition) is 1. The van der Waals surface area contributed by atoms with Gasteiger partial charge in [-0.15, -0.1) is 0 Å². The summed E-state index contributed by atoms with van der Waals surface area (Å²) in [5.74, 6) is 1.16. The van der Waals surface area contributed by atoms with Gasteiger partial charge in [-0.1, -0.05) is 12.1 Å². The molecule has 0 bridgehead atoms. The molecule has 1 aromatic carbocycles. The van der Waals surface area contributed by atoms with Gasteiger partial charge in [0, 0.05) is 49.1 Å².